The second kappa shape index (κ2) is 7.11. The van der Waals surface area contributed by atoms with Crippen LogP contribution in [-0.2, 0) is 18.4 Å². The maximum absolute atomic E-state index is 12.2. The van der Waals surface area contributed by atoms with Crippen molar-refractivity contribution in [1.29, 1.82) is 0 Å². The fourth-order valence-corrected chi connectivity index (χ4v) is 2.56. The summed E-state index contributed by atoms with van der Waals surface area (Å²) in [5.74, 6) is -0.0813. The molecule has 1 heterocycles. The fourth-order valence-electron chi connectivity index (χ4n) is 2.06. The van der Waals surface area contributed by atoms with Crippen molar-refractivity contribution < 1.29 is 4.79 Å². The first-order valence-corrected chi connectivity index (χ1v) is 7.92. The van der Waals surface area contributed by atoms with E-state index >= 15 is 0 Å². The molecule has 0 N–H and O–H groups in total. The van der Waals surface area contributed by atoms with Gasteiger partial charge in [0.2, 0.25) is 5.91 Å². The van der Waals surface area contributed by atoms with Crippen molar-refractivity contribution in [1.82, 2.24) is 14.7 Å². The molecule has 0 aliphatic heterocycles. The van der Waals surface area contributed by atoms with Crippen molar-refractivity contribution in [2.24, 2.45) is 7.05 Å². The normalized spacial score (nSPS) is 11.1. The van der Waals surface area contributed by atoms with Gasteiger partial charge in [0.15, 0.2) is 0 Å². The Labute approximate surface area is 143 Å². The third-order valence-electron chi connectivity index (χ3n) is 3.30. The molecule has 0 fully saturated rings. The lowest BCUT2D eigenvalue weighted by Gasteiger charge is -2.15. The standard InChI is InChI=1S/C16H17BrClN3O/c1-11-14(16(18)21(3)19-11)8-9-15(22)20(2)10-12-4-6-13(17)7-5-12/h4-9H,10H2,1-3H3/b9-8+. The summed E-state index contributed by atoms with van der Waals surface area (Å²) in [6.07, 6.45) is 3.24. The number of halogens is 2. The van der Waals surface area contributed by atoms with Gasteiger partial charge in [-0.15, -0.1) is 0 Å². The molecule has 1 aromatic heterocycles. The van der Waals surface area contributed by atoms with Crippen molar-refractivity contribution in [2.75, 3.05) is 7.05 Å². The molecular weight excluding hydrogens is 366 g/mol. The zero-order chi connectivity index (χ0) is 16.3. The van der Waals surface area contributed by atoms with Gasteiger partial charge in [-0.3, -0.25) is 9.48 Å². The Balaban J connectivity index is 2.04. The van der Waals surface area contributed by atoms with Crippen LogP contribution in [0.25, 0.3) is 6.08 Å². The molecule has 6 heteroatoms. The highest BCUT2D eigenvalue weighted by molar-refractivity contribution is 9.10. The molecule has 0 unspecified atom stereocenters. The van der Waals surface area contributed by atoms with E-state index in [4.69, 9.17) is 11.6 Å². The van der Waals surface area contributed by atoms with Gasteiger partial charge in [-0.1, -0.05) is 39.7 Å². The molecule has 0 atom stereocenters. The van der Waals surface area contributed by atoms with E-state index in [1.54, 1.807) is 29.8 Å². The van der Waals surface area contributed by atoms with Gasteiger partial charge in [0.25, 0.3) is 0 Å². The van der Waals surface area contributed by atoms with Crippen LogP contribution in [-0.4, -0.2) is 27.6 Å². The molecule has 0 radical (unpaired) electrons. The number of aryl methyl sites for hydroxylation is 2. The van der Waals surface area contributed by atoms with Crippen molar-refractivity contribution in [2.45, 2.75) is 13.5 Å². The van der Waals surface area contributed by atoms with Gasteiger partial charge in [0, 0.05) is 36.8 Å². The molecule has 1 aromatic carbocycles. The van der Waals surface area contributed by atoms with E-state index in [1.165, 1.54) is 6.08 Å². The molecule has 4 nitrogen and oxygen atoms in total. The number of amides is 1. The average Bonchev–Trinajstić information content (AvgIpc) is 2.72. The van der Waals surface area contributed by atoms with Crippen LogP contribution in [0.5, 0.6) is 0 Å². The van der Waals surface area contributed by atoms with Crippen LogP contribution in [0.4, 0.5) is 0 Å². The number of rotatable bonds is 4. The molecule has 1 amide bonds. The van der Waals surface area contributed by atoms with Gasteiger partial charge in [-0.05, 0) is 30.7 Å². The van der Waals surface area contributed by atoms with Crippen LogP contribution >= 0.6 is 27.5 Å². The minimum absolute atomic E-state index is 0.0813. The smallest absolute Gasteiger partial charge is 0.246 e. The van der Waals surface area contributed by atoms with E-state index in [1.807, 2.05) is 31.2 Å². The maximum atomic E-state index is 12.2. The highest BCUT2D eigenvalue weighted by atomic mass is 79.9. The number of carbonyl (C=O) groups excluding carboxylic acids is 1. The summed E-state index contributed by atoms with van der Waals surface area (Å²) in [6, 6.07) is 7.89. The number of hydrogen-bond acceptors (Lipinski definition) is 2. The van der Waals surface area contributed by atoms with Crippen molar-refractivity contribution in [3.05, 3.63) is 56.8 Å². The van der Waals surface area contributed by atoms with Crippen LogP contribution in [0.3, 0.4) is 0 Å². The quantitative estimate of drug-likeness (QED) is 0.754. The molecule has 0 saturated carbocycles. The highest BCUT2D eigenvalue weighted by Crippen LogP contribution is 2.20. The first kappa shape index (κ1) is 16.8. The Morgan fingerprint density at radius 3 is 2.59 bits per heavy atom. The molecule has 22 heavy (non-hydrogen) atoms. The topological polar surface area (TPSA) is 38.1 Å². The minimum Gasteiger partial charge on any atom is -0.338 e. The van der Waals surface area contributed by atoms with Crippen LogP contribution < -0.4 is 0 Å². The first-order chi connectivity index (χ1) is 10.4. The summed E-state index contributed by atoms with van der Waals surface area (Å²) in [5, 5.41) is 4.74. The largest absolute Gasteiger partial charge is 0.338 e. The second-order valence-corrected chi connectivity index (χ2v) is 6.34. The minimum atomic E-state index is -0.0813. The predicted octanol–water partition coefficient (Wildman–Crippen LogP) is 3.82. The molecule has 2 rings (SSSR count). The van der Waals surface area contributed by atoms with E-state index in [2.05, 4.69) is 21.0 Å². The van der Waals surface area contributed by atoms with Gasteiger partial charge in [0.1, 0.15) is 5.15 Å². The molecular formula is C16H17BrClN3O. The van der Waals surface area contributed by atoms with Crippen molar-refractivity contribution in [3.63, 3.8) is 0 Å². The van der Waals surface area contributed by atoms with E-state index < -0.39 is 0 Å². The lowest BCUT2D eigenvalue weighted by Crippen LogP contribution is -2.24. The van der Waals surface area contributed by atoms with Crippen LogP contribution in [0, 0.1) is 6.92 Å². The molecule has 0 aliphatic carbocycles. The maximum Gasteiger partial charge on any atom is 0.246 e. The number of likely N-dealkylation sites (N-methyl/N-ethyl adjacent to an activating group) is 1. The van der Waals surface area contributed by atoms with E-state index in [0.717, 1.165) is 21.3 Å². The first-order valence-electron chi connectivity index (χ1n) is 6.75. The Bertz CT molecular complexity index is 707. The van der Waals surface area contributed by atoms with E-state index in [9.17, 15) is 4.79 Å². The van der Waals surface area contributed by atoms with Gasteiger partial charge in [0.05, 0.1) is 5.69 Å². The third-order valence-corrected chi connectivity index (χ3v) is 4.27. The Hall–Kier alpha value is -1.59. The van der Waals surface area contributed by atoms with Crippen molar-refractivity contribution in [3.8, 4) is 0 Å². The number of benzene rings is 1. The average molecular weight is 383 g/mol. The van der Waals surface area contributed by atoms with E-state index in [-0.39, 0.29) is 5.91 Å². The zero-order valence-electron chi connectivity index (χ0n) is 12.7. The Morgan fingerprint density at radius 1 is 1.41 bits per heavy atom. The number of aromatic nitrogens is 2. The Morgan fingerprint density at radius 2 is 2.05 bits per heavy atom. The number of carbonyl (C=O) groups is 1. The number of nitrogens with zero attached hydrogens (tertiary/aromatic N) is 3. The third kappa shape index (κ3) is 3.99. The van der Waals surface area contributed by atoms with Crippen LogP contribution in [0.1, 0.15) is 16.8 Å². The molecule has 2 aromatic rings. The van der Waals surface area contributed by atoms with Gasteiger partial charge in [-0.2, -0.15) is 5.10 Å². The lowest BCUT2D eigenvalue weighted by molar-refractivity contribution is -0.125. The SMILES string of the molecule is Cc1nn(C)c(Cl)c1/C=C/C(=O)N(C)Cc1ccc(Br)cc1. The van der Waals surface area contributed by atoms with Crippen molar-refractivity contribution >= 4 is 39.5 Å². The summed E-state index contributed by atoms with van der Waals surface area (Å²) in [5.41, 5.74) is 2.64. The van der Waals surface area contributed by atoms with Gasteiger partial charge in [-0.25, -0.2) is 0 Å². The summed E-state index contributed by atoms with van der Waals surface area (Å²) >= 11 is 9.54. The molecule has 0 bridgehead atoms. The summed E-state index contributed by atoms with van der Waals surface area (Å²) in [7, 11) is 3.54. The van der Waals surface area contributed by atoms with Crippen LogP contribution in [0.15, 0.2) is 34.8 Å². The monoisotopic (exact) mass is 381 g/mol. The molecule has 0 spiro atoms. The van der Waals surface area contributed by atoms with Gasteiger partial charge < -0.3 is 4.90 Å². The number of hydrogen-bond donors (Lipinski definition) is 0. The summed E-state index contributed by atoms with van der Waals surface area (Å²) in [6.45, 7) is 2.41. The lowest BCUT2D eigenvalue weighted by atomic mass is 10.2. The van der Waals surface area contributed by atoms with Crippen LogP contribution in [0.2, 0.25) is 5.15 Å². The fraction of sp³-hybridized carbons (Fsp3) is 0.250. The van der Waals surface area contributed by atoms with E-state index in [0.29, 0.717) is 11.7 Å². The zero-order valence-corrected chi connectivity index (χ0v) is 15.0. The molecule has 0 aliphatic rings. The molecule has 0 saturated heterocycles. The second-order valence-electron chi connectivity index (χ2n) is 5.07. The molecule has 116 valence electrons. The Kier molecular flexibility index (Phi) is 5.42. The predicted molar refractivity (Wildman–Crippen MR) is 92.6 cm³/mol. The highest BCUT2D eigenvalue weighted by Gasteiger charge is 2.10. The summed E-state index contributed by atoms with van der Waals surface area (Å²) < 4.78 is 2.61. The summed E-state index contributed by atoms with van der Waals surface area (Å²) in [4.78, 5) is 13.8. The van der Waals surface area contributed by atoms with Gasteiger partial charge >= 0.3 is 0 Å².